The van der Waals surface area contributed by atoms with Gasteiger partial charge in [-0.2, -0.15) is 5.26 Å². The SMILES string of the molecule is CN(CC1CC1)C(=O)OC/C(=C(/N)c1ccc(OC2CCCCC2)c(C#N)n1)N(C)N. The van der Waals surface area contributed by atoms with Crippen molar-refractivity contribution >= 4 is 11.8 Å². The lowest BCUT2D eigenvalue weighted by molar-refractivity contribution is 0.112. The molecule has 3 rings (SSSR count). The van der Waals surface area contributed by atoms with Crippen molar-refractivity contribution in [3.63, 3.8) is 0 Å². The van der Waals surface area contributed by atoms with Crippen LogP contribution in [0.15, 0.2) is 17.8 Å². The van der Waals surface area contributed by atoms with E-state index >= 15 is 0 Å². The number of carbonyl (C=O) groups is 1. The number of aromatic nitrogens is 1. The van der Waals surface area contributed by atoms with Crippen LogP contribution in [0.5, 0.6) is 5.75 Å². The molecule has 0 unspecified atom stereocenters. The van der Waals surface area contributed by atoms with Crippen molar-refractivity contribution in [2.45, 2.75) is 51.0 Å². The molecule has 168 valence electrons. The van der Waals surface area contributed by atoms with Gasteiger partial charge in [0.15, 0.2) is 11.4 Å². The minimum atomic E-state index is -0.430. The number of amides is 1. The summed E-state index contributed by atoms with van der Waals surface area (Å²) in [6.07, 6.45) is 7.43. The summed E-state index contributed by atoms with van der Waals surface area (Å²) in [5, 5.41) is 10.9. The van der Waals surface area contributed by atoms with Gasteiger partial charge in [-0.25, -0.2) is 15.6 Å². The molecule has 1 amide bonds. The first kappa shape index (κ1) is 22.7. The molecule has 0 saturated heterocycles. The molecule has 1 heterocycles. The molecule has 0 atom stereocenters. The molecule has 4 N–H and O–H groups in total. The van der Waals surface area contributed by atoms with Gasteiger partial charge in [0.2, 0.25) is 0 Å². The van der Waals surface area contributed by atoms with E-state index in [0.717, 1.165) is 38.5 Å². The number of rotatable bonds is 8. The van der Waals surface area contributed by atoms with E-state index in [1.807, 2.05) is 0 Å². The number of hydrazine groups is 1. The van der Waals surface area contributed by atoms with Gasteiger partial charge >= 0.3 is 6.09 Å². The Balaban J connectivity index is 1.72. The maximum absolute atomic E-state index is 12.2. The Labute approximate surface area is 183 Å². The Bertz CT molecular complexity index is 853. The van der Waals surface area contributed by atoms with Crippen LogP contribution in [0.3, 0.4) is 0 Å². The number of nitriles is 1. The van der Waals surface area contributed by atoms with Gasteiger partial charge in [-0.1, -0.05) is 6.42 Å². The number of hydrogen-bond donors (Lipinski definition) is 2. The third-order valence-electron chi connectivity index (χ3n) is 5.70. The molecule has 0 bridgehead atoms. The summed E-state index contributed by atoms with van der Waals surface area (Å²) >= 11 is 0. The van der Waals surface area contributed by atoms with Crippen molar-refractivity contribution < 1.29 is 14.3 Å². The Kier molecular flexibility index (Phi) is 7.58. The Morgan fingerprint density at radius 2 is 1.94 bits per heavy atom. The third kappa shape index (κ3) is 6.25. The van der Waals surface area contributed by atoms with E-state index in [4.69, 9.17) is 21.1 Å². The highest BCUT2D eigenvalue weighted by atomic mass is 16.6. The van der Waals surface area contributed by atoms with E-state index in [1.165, 1.54) is 11.4 Å². The van der Waals surface area contributed by atoms with Crippen molar-refractivity contribution in [3.05, 3.63) is 29.2 Å². The van der Waals surface area contributed by atoms with Gasteiger partial charge in [0.25, 0.3) is 0 Å². The highest BCUT2D eigenvalue weighted by molar-refractivity contribution is 5.69. The molecule has 1 aromatic heterocycles. The molecule has 31 heavy (non-hydrogen) atoms. The van der Waals surface area contributed by atoms with E-state index < -0.39 is 6.09 Å². The van der Waals surface area contributed by atoms with E-state index in [9.17, 15) is 10.1 Å². The van der Waals surface area contributed by atoms with Gasteiger partial charge in [-0.05, 0) is 56.6 Å². The van der Waals surface area contributed by atoms with E-state index in [1.54, 1.807) is 31.1 Å². The second-order valence-corrected chi connectivity index (χ2v) is 8.38. The van der Waals surface area contributed by atoms with E-state index in [0.29, 0.717) is 29.6 Å². The van der Waals surface area contributed by atoms with Crippen LogP contribution < -0.4 is 16.3 Å². The van der Waals surface area contributed by atoms with Gasteiger partial charge in [0, 0.05) is 20.6 Å². The predicted octanol–water partition coefficient (Wildman–Crippen LogP) is 2.58. The fraction of sp³-hybridized carbons (Fsp3) is 0.591. The van der Waals surface area contributed by atoms with Crippen LogP contribution >= 0.6 is 0 Å². The molecule has 2 fully saturated rings. The Morgan fingerprint density at radius 1 is 1.23 bits per heavy atom. The van der Waals surface area contributed by atoms with Gasteiger partial charge in [0.05, 0.1) is 23.2 Å². The fourth-order valence-corrected chi connectivity index (χ4v) is 3.65. The van der Waals surface area contributed by atoms with Crippen LogP contribution in [0.2, 0.25) is 0 Å². The number of pyridine rings is 1. The van der Waals surface area contributed by atoms with Crippen molar-refractivity contribution in [3.8, 4) is 11.8 Å². The zero-order chi connectivity index (χ0) is 22.4. The monoisotopic (exact) mass is 428 g/mol. The second kappa shape index (κ2) is 10.4. The summed E-state index contributed by atoms with van der Waals surface area (Å²) in [5.74, 6) is 6.95. The molecule has 0 aliphatic heterocycles. The molecule has 9 heteroatoms. The summed E-state index contributed by atoms with van der Waals surface area (Å²) in [7, 11) is 3.32. The molecular weight excluding hydrogens is 396 g/mol. The standard InChI is InChI=1S/C22H32N6O3/c1-27(13-15-8-9-15)22(29)30-14-19(28(2)25)21(24)17-10-11-20(18(12-23)26-17)31-16-6-4-3-5-7-16/h10-11,15-16H,3-9,13-14,24-25H2,1-2H3/b21-19-. The molecule has 0 aromatic carbocycles. The summed E-state index contributed by atoms with van der Waals surface area (Å²) < 4.78 is 11.4. The first-order chi connectivity index (χ1) is 14.9. The summed E-state index contributed by atoms with van der Waals surface area (Å²) in [5.41, 5.74) is 7.47. The number of hydrogen-bond acceptors (Lipinski definition) is 8. The molecule has 2 aliphatic rings. The third-order valence-corrected chi connectivity index (χ3v) is 5.70. The largest absolute Gasteiger partial charge is 0.487 e. The predicted molar refractivity (Wildman–Crippen MR) is 116 cm³/mol. The van der Waals surface area contributed by atoms with Gasteiger partial charge < -0.3 is 25.1 Å². The number of ether oxygens (including phenoxy) is 2. The molecule has 1 aromatic rings. The zero-order valence-electron chi connectivity index (χ0n) is 18.3. The summed E-state index contributed by atoms with van der Waals surface area (Å²) in [6, 6.07) is 5.49. The lowest BCUT2D eigenvalue weighted by atomic mass is 9.98. The van der Waals surface area contributed by atoms with Crippen LogP contribution in [0.25, 0.3) is 5.70 Å². The molecule has 2 aliphatic carbocycles. The lowest BCUT2D eigenvalue weighted by Crippen LogP contribution is -2.34. The van der Waals surface area contributed by atoms with Crippen LogP contribution in [0.4, 0.5) is 4.79 Å². The molecule has 0 radical (unpaired) electrons. The van der Waals surface area contributed by atoms with Crippen molar-refractivity contribution in [1.82, 2.24) is 14.9 Å². The fourth-order valence-electron chi connectivity index (χ4n) is 3.65. The van der Waals surface area contributed by atoms with Gasteiger partial charge in [0.1, 0.15) is 12.7 Å². The normalized spacial score (nSPS) is 17.4. The highest BCUT2D eigenvalue weighted by Gasteiger charge is 2.26. The van der Waals surface area contributed by atoms with Crippen molar-refractivity contribution in [2.75, 3.05) is 27.2 Å². The summed E-state index contributed by atoms with van der Waals surface area (Å²) in [4.78, 5) is 18.2. The Morgan fingerprint density at radius 3 is 2.55 bits per heavy atom. The lowest BCUT2D eigenvalue weighted by Gasteiger charge is -2.24. The average Bonchev–Trinajstić information content (AvgIpc) is 3.58. The first-order valence-electron chi connectivity index (χ1n) is 10.8. The van der Waals surface area contributed by atoms with Crippen LogP contribution in [0.1, 0.15) is 56.3 Å². The minimum Gasteiger partial charge on any atom is -0.487 e. The van der Waals surface area contributed by atoms with Gasteiger partial charge in [-0.15, -0.1) is 0 Å². The average molecular weight is 429 g/mol. The van der Waals surface area contributed by atoms with Crippen molar-refractivity contribution in [1.29, 1.82) is 5.26 Å². The van der Waals surface area contributed by atoms with Crippen LogP contribution in [-0.4, -0.2) is 54.3 Å². The number of likely N-dealkylation sites (N-methyl/N-ethyl adjacent to an activating group) is 1. The zero-order valence-corrected chi connectivity index (χ0v) is 18.3. The second-order valence-electron chi connectivity index (χ2n) is 8.38. The maximum Gasteiger partial charge on any atom is 0.409 e. The van der Waals surface area contributed by atoms with E-state index in [2.05, 4.69) is 11.1 Å². The van der Waals surface area contributed by atoms with E-state index in [-0.39, 0.29) is 24.1 Å². The molecule has 2 saturated carbocycles. The number of nitrogens with zero attached hydrogens (tertiary/aromatic N) is 4. The Hall–Kier alpha value is -2.99. The number of carbonyl (C=O) groups excluding carboxylic acids is 1. The van der Waals surface area contributed by atoms with Crippen LogP contribution in [-0.2, 0) is 4.74 Å². The maximum atomic E-state index is 12.2. The number of nitrogens with two attached hydrogens (primary N) is 2. The van der Waals surface area contributed by atoms with Crippen LogP contribution in [0, 0.1) is 17.2 Å². The molecule has 9 nitrogen and oxygen atoms in total. The smallest absolute Gasteiger partial charge is 0.409 e. The highest BCUT2D eigenvalue weighted by Crippen LogP contribution is 2.29. The summed E-state index contributed by atoms with van der Waals surface area (Å²) in [6.45, 7) is 0.581. The molecular formula is C22H32N6O3. The van der Waals surface area contributed by atoms with Crippen molar-refractivity contribution in [2.24, 2.45) is 17.5 Å². The minimum absolute atomic E-state index is 0.101. The van der Waals surface area contributed by atoms with Gasteiger partial charge in [-0.3, -0.25) is 0 Å². The first-order valence-corrected chi connectivity index (χ1v) is 10.8. The topological polar surface area (TPSA) is 131 Å². The molecule has 0 spiro atoms. The quantitative estimate of drug-likeness (QED) is 0.477.